The molecule has 3 heteroatoms. The molecule has 0 unspecified atom stereocenters. The number of ketones is 2. The molecule has 0 aromatic heterocycles. The van der Waals surface area contributed by atoms with Gasteiger partial charge in [0.25, 0.3) is 0 Å². The number of ether oxygens (including phenoxy) is 1. The normalized spacial score (nSPS) is 13.9. The van der Waals surface area contributed by atoms with Crippen LogP contribution in [-0.2, 0) is 0 Å². The van der Waals surface area contributed by atoms with E-state index in [1.807, 2.05) is 49.4 Å². The van der Waals surface area contributed by atoms with Gasteiger partial charge in [-0.2, -0.15) is 0 Å². The highest BCUT2D eigenvalue weighted by atomic mass is 16.5. The highest BCUT2D eigenvalue weighted by molar-refractivity contribution is 6.21. The van der Waals surface area contributed by atoms with Crippen LogP contribution in [0.5, 0.6) is 5.75 Å². The van der Waals surface area contributed by atoms with Crippen LogP contribution < -0.4 is 4.74 Å². The first-order valence-electron chi connectivity index (χ1n) is 8.73. The first-order chi connectivity index (χ1) is 13.1. The van der Waals surface area contributed by atoms with Gasteiger partial charge >= 0.3 is 0 Å². The molecule has 4 rings (SSSR count). The largest absolute Gasteiger partial charge is 0.497 e. The third-order valence-electron chi connectivity index (χ3n) is 4.80. The first-order valence-corrected chi connectivity index (χ1v) is 8.73. The topological polar surface area (TPSA) is 43.4 Å². The Morgan fingerprint density at radius 2 is 1.59 bits per heavy atom. The zero-order chi connectivity index (χ0) is 19.0. The van der Waals surface area contributed by atoms with E-state index in [4.69, 9.17) is 4.74 Å². The Morgan fingerprint density at radius 3 is 2.37 bits per heavy atom. The van der Waals surface area contributed by atoms with Gasteiger partial charge in [0.05, 0.1) is 7.11 Å². The number of benzene rings is 3. The molecule has 0 atom stereocenters. The average Bonchev–Trinajstić information content (AvgIpc) is 2.71. The number of carbonyl (C=O) groups excluding carboxylic acids is 2. The minimum absolute atomic E-state index is 0.00780. The molecule has 0 radical (unpaired) electrons. The molecule has 0 spiro atoms. The smallest absolute Gasteiger partial charge is 0.194 e. The standard InChI is InChI=1S/C24H18O3/c1-15-10-11-20-21(12-15)22(18-8-3-4-9-19(18)24(20)26)14-23(25)16-6-5-7-17(13-16)27-2/h3-14H,1-2H3/b22-14+. The van der Waals surface area contributed by atoms with E-state index in [2.05, 4.69) is 0 Å². The molecule has 0 heterocycles. The molecule has 27 heavy (non-hydrogen) atoms. The molecule has 3 nitrogen and oxygen atoms in total. The third kappa shape index (κ3) is 2.97. The molecule has 0 N–H and O–H groups in total. The highest BCUT2D eigenvalue weighted by Crippen LogP contribution is 2.36. The van der Waals surface area contributed by atoms with Crippen LogP contribution in [0.2, 0.25) is 0 Å². The number of hydrogen-bond acceptors (Lipinski definition) is 3. The minimum atomic E-state index is -0.125. The molecule has 1 aliphatic rings. The molecule has 0 saturated carbocycles. The van der Waals surface area contributed by atoms with E-state index in [0.717, 1.165) is 22.3 Å². The predicted molar refractivity (Wildman–Crippen MR) is 105 cm³/mol. The molecule has 3 aromatic rings. The van der Waals surface area contributed by atoms with Gasteiger partial charge in [-0.1, -0.05) is 60.2 Å². The van der Waals surface area contributed by atoms with Gasteiger partial charge in [0, 0.05) is 16.7 Å². The van der Waals surface area contributed by atoms with Gasteiger partial charge in [-0.3, -0.25) is 9.59 Å². The second-order valence-corrected chi connectivity index (χ2v) is 6.58. The fourth-order valence-electron chi connectivity index (χ4n) is 3.43. The number of aryl methyl sites for hydroxylation is 1. The molecule has 1 aliphatic carbocycles. The number of allylic oxidation sites excluding steroid dienone is 1. The van der Waals surface area contributed by atoms with Gasteiger partial charge in [0.15, 0.2) is 11.6 Å². The monoisotopic (exact) mass is 354 g/mol. The van der Waals surface area contributed by atoms with Crippen molar-refractivity contribution in [1.82, 2.24) is 0 Å². The van der Waals surface area contributed by atoms with Crippen LogP contribution in [0.1, 0.15) is 43.0 Å². The molecular weight excluding hydrogens is 336 g/mol. The van der Waals surface area contributed by atoms with Crippen LogP contribution in [0.3, 0.4) is 0 Å². The summed E-state index contributed by atoms with van der Waals surface area (Å²) in [7, 11) is 1.57. The van der Waals surface area contributed by atoms with E-state index in [9.17, 15) is 9.59 Å². The van der Waals surface area contributed by atoms with Gasteiger partial charge in [-0.15, -0.1) is 0 Å². The van der Waals surface area contributed by atoms with E-state index < -0.39 is 0 Å². The van der Waals surface area contributed by atoms with Crippen molar-refractivity contribution in [2.24, 2.45) is 0 Å². The van der Waals surface area contributed by atoms with Crippen LogP contribution in [-0.4, -0.2) is 18.7 Å². The van der Waals surface area contributed by atoms with Crippen molar-refractivity contribution < 1.29 is 14.3 Å². The number of carbonyl (C=O) groups is 2. The minimum Gasteiger partial charge on any atom is -0.497 e. The van der Waals surface area contributed by atoms with Gasteiger partial charge < -0.3 is 4.74 Å². The van der Waals surface area contributed by atoms with Crippen molar-refractivity contribution in [2.75, 3.05) is 7.11 Å². The number of hydrogen-bond donors (Lipinski definition) is 0. The first kappa shape index (κ1) is 17.0. The van der Waals surface area contributed by atoms with E-state index in [-0.39, 0.29) is 11.6 Å². The SMILES string of the molecule is COc1cccc(C(=O)/C=C2\c3ccccc3C(=O)c3ccc(C)cc32)c1. The Bertz CT molecular complexity index is 1110. The molecule has 0 fully saturated rings. The van der Waals surface area contributed by atoms with E-state index >= 15 is 0 Å². The predicted octanol–water partition coefficient (Wildman–Crippen LogP) is 4.86. The van der Waals surface area contributed by atoms with Crippen LogP contribution in [0, 0.1) is 6.92 Å². The van der Waals surface area contributed by atoms with Crippen LogP contribution in [0.4, 0.5) is 0 Å². The maximum absolute atomic E-state index is 13.0. The zero-order valence-electron chi connectivity index (χ0n) is 15.2. The molecule has 0 saturated heterocycles. The molecule has 0 aliphatic heterocycles. The van der Waals surface area contributed by atoms with Crippen LogP contribution >= 0.6 is 0 Å². The summed E-state index contributed by atoms with van der Waals surface area (Å²) in [6.07, 6.45) is 1.62. The second-order valence-electron chi connectivity index (χ2n) is 6.58. The Balaban J connectivity index is 1.90. The fraction of sp³-hybridized carbons (Fsp3) is 0.0833. The zero-order valence-corrected chi connectivity index (χ0v) is 15.2. The van der Waals surface area contributed by atoms with Gasteiger partial charge in [-0.25, -0.2) is 0 Å². The summed E-state index contributed by atoms with van der Waals surface area (Å²) >= 11 is 0. The fourth-order valence-corrected chi connectivity index (χ4v) is 3.43. The van der Waals surface area contributed by atoms with Crippen LogP contribution in [0.25, 0.3) is 5.57 Å². The maximum Gasteiger partial charge on any atom is 0.194 e. The molecule has 132 valence electrons. The van der Waals surface area contributed by atoms with Crippen molar-refractivity contribution in [3.05, 3.63) is 106 Å². The summed E-state index contributed by atoms with van der Waals surface area (Å²) < 4.78 is 5.22. The lowest BCUT2D eigenvalue weighted by Gasteiger charge is -2.22. The lowest BCUT2D eigenvalue weighted by atomic mass is 9.80. The maximum atomic E-state index is 13.0. The Labute approximate surface area is 157 Å². The van der Waals surface area contributed by atoms with Crippen molar-refractivity contribution in [1.29, 1.82) is 0 Å². The van der Waals surface area contributed by atoms with E-state index in [1.165, 1.54) is 0 Å². The molecule has 0 amide bonds. The summed E-state index contributed by atoms with van der Waals surface area (Å²) in [6.45, 7) is 1.98. The van der Waals surface area contributed by atoms with Crippen LogP contribution in [0.15, 0.2) is 72.8 Å². The van der Waals surface area contributed by atoms with Gasteiger partial charge in [0.2, 0.25) is 0 Å². The van der Waals surface area contributed by atoms with Gasteiger partial charge in [-0.05, 0) is 41.8 Å². The molecule has 0 bridgehead atoms. The number of fused-ring (bicyclic) bond motifs is 2. The summed E-state index contributed by atoms with van der Waals surface area (Å²) in [4.78, 5) is 25.8. The third-order valence-corrected chi connectivity index (χ3v) is 4.80. The van der Waals surface area contributed by atoms with Crippen molar-refractivity contribution in [2.45, 2.75) is 6.92 Å². The summed E-state index contributed by atoms with van der Waals surface area (Å²) in [5, 5.41) is 0. The Kier molecular flexibility index (Phi) is 4.21. The Hall–Kier alpha value is -3.46. The Morgan fingerprint density at radius 1 is 0.852 bits per heavy atom. The summed E-state index contributed by atoms with van der Waals surface area (Å²) in [6, 6.07) is 20.2. The number of methoxy groups -OCH3 is 1. The lowest BCUT2D eigenvalue weighted by molar-refractivity contribution is 0.103. The summed E-state index contributed by atoms with van der Waals surface area (Å²) in [5.41, 5.74) is 5.21. The molecular formula is C24H18O3. The van der Waals surface area contributed by atoms with Crippen molar-refractivity contribution in [3.63, 3.8) is 0 Å². The summed E-state index contributed by atoms with van der Waals surface area (Å²) in [5.74, 6) is 0.502. The molecule has 3 aromatic carbocycles. The van der Waals surface area contributed by atoms with E-state index in [1.54, 1.807) is 37.5 Å². The second kappa shape index (κ2) is 6.69. The highest BCUT2D eigenvalue weighted by Gasteiger charge is 2.27. The van der Waals surface area contributed by atoms with Gasteiger partial charge in [0.1, 0.15) is 5.75 Å². The average molecular weight is 354 g/mol. The van der Waals surface area contributed by atoms with Crippen molar-refractivity contribution >= 4 is 17.1 Å². The van der Waals surface area contributed by atoms with Crippen molar-refractivity contribution in [3.8, 4) is 5.75 Å². The lowest BCUT2D eigenvalue weighted by Crippen LogP contribution is -2.15. The quantitative estimate of drug-likeness (QED) is 0.390. The number of rotatable bonds is 3. The van der Waals surface area contributed by atoms with E-state index in [0.29, 0.717) is 22.4 Å².